The van der Waals surface area contributed by atoms with Crippen molar-refractivity contribution >= 4 is 37.8 Å². The SMILES string of the molecule is CN[C@H](Cc1cc(Br)c(O)c(Br)c1)C(=O)N1CCC(N2CCCCC2)CC1. The van der Waals surface area contributed by atoms with Crippen LogP contribution in [0.4, 0.5) is 0 Å². The molecular formula is C20H29Br2N3O2. The molecule has 1 aromatic rings. The van der Waals surface area contributed by atoms with Crippen LogP contribution in [0.5, 0.6) is 5.75 Å². The first-order valence-corrected chi connectivity index (χ1v) is 11.4. The molecule has 1 aromatic carbocycles. The number of benzene rings is 1. The van der Waals surface area contributed by atoms with Gasteiger partial charge in [-0.15, -0.1) is 0 Å². The summed E-state index contributed by atoms with van der Waals surface area (Å²) in [7, 11) is 1.84. The van der Waals surface area contributed by atoms with Gasteiger partial charge in [0.1, 0.15) is 5.75 Å². The molecule has 3 rings (SSSR count). The molecule has 0 bridgehead atoms. The van der Waals surface area contributed by atoms with Gasteiger partial charge < -0.3 is 20.2 Å². The lowest BCUT2D eigenvalue weighted by molar-refractivity contribution is -0.135. The fourth-order valence-electron chi connectivity index (χ4n) is 4.24. The van der Waals surface area contributed by atoms with E-state index in [4.69, 9.17) is 0 Å². The molecule has 2 aliphatic rings. The molecule has 1 amide bonds. The highest BCUT2D eigenvalue weighted by atomic mass is 79.9. The average molecular weight is 503 g/mol. The van der Waals surface area contributed by atoms with E-state index in [9.17, 15) is 9.90 Å². The molecule has 2 fully saturated rings. The molecule has 0 spiro atoms. The minimum Gasteiger partial charge on any atom is -0.506 e. The summed E-state index contributed by atoms with van der Waals surface area (Å²) in [4.78, 5) is 17.7. The highest BCUT2D eigenvalue weighted by molar-refractivity contribution is 9.11. The van der Waals surface area contributed by atoms with Crippen molar-refractivity contribution in [3.05, 3.63) is 26.6 Å². The van der Waals surface area contributed by atoms with Crippen LogP contribution in [0.25, 0.3) is 0 Å². The van der Waals surface area contributed by atoms with Crippen molar-refractivity contribution in [1.82, 2.24) is 15.1 Å². The smallest absolute Gasteiger partial charge is 0.240 e. The monoisotopic (exact) mass is 501 g/mol. The number of carbonyl (C=O) groups excluding carboxylic acids is 1. The summed E-state index contributed by atoms with van der Waals surface area (Å²) in [5.74, 6) is 0.362. The van der Waals surface area contributed by atoms with Crippen molar-refractivity contribution in [2.45, 2.75) is 50.6 Å². The predicted molar refractivity (Wildman–Crippen MR) is 115 cm³/mol. The lowest BCUT2D eigenvalue weighted by Crippen LogP contribution is -2.52. The molecule has 0 unspecified atom stereocenters. The Morgan fingerprint density at radius 1 is 1.15 bits per heavy atom. The lowest BCUT2D eigenvalue weighted by atomic mass is 9.98. The minimum absolute atomic E-state index is 0.176. The van der Waals surface area contributed by atoms with E-state index in [1.165, 1.54) is 32.4 Å². The van der Waals surface area contributed by atoms with Gasteiger partial charge in [0, 0.05) is 19.1 Å². The lowest BCUT2D eigenvalue weighted by Gasteiger charge is -2.41. The zero-order valence-corrected chi connectivity index (χ0v) is 19.1. The topological polar surface area (TPSA) is 55.8 Å². The zero-order chi connectivity index (χ0) is 19.4. The zero-order valence-electron chi connectivity index (χ0n) is 15.9. The van der Waals surface area contributed by atoms with E-state index >= 15 is 0 Å². The Hall–Kier alpha value is -0.630. The molecule has 0 aliphatic carbocycles. The van der Waals surface area contributed by atoms with E-state index < -0.39 is 0 Å². The number of phenols is 1. The number of piperidine rings is 2. The van der Waals surface area contributed by atoms with Gasteiger partial charge in [-0.2, -0.15) is 0 Å². The first kappa shape index (κ1) is 21.1. The van der Waals surface area contributed by atoms with Gasteiger partial charge in [0.25, 0.3) is 0 Å². The van der Waals surface area contributed by atoms with Crippen LogP contribution in [0.3, 0.4) is 0 Å². The van der Waals surface area contributed by atoms with Crippen LogP contribution in [0.15, 0.2) is 21.1 Å². The second-order valence-electron chi connectivity index (χ2n) is 7.61. The normalized spacial score (nSPS) is 20.6. The van der Waals surface area contributed by atoms with Gasteiger partial charge in [-0.1, -0.05) is 6.42 Å². The largest absolute Gasteiger partial charge is 0.506 e. The second-order valence-corrected chi connectivity index (χ2v) is 9.32. The molecule has 2 N–H and O–H groups in total. The Labute approximate surface area is 178 Å². The van der Waals surface area contributed by atoms with Crippen molar-refractivity contribution in [3.8, 4) is 5.75 Å². The van der Waals surface area contributed by atoms with Crippen molar-refractivity contribution in [2.75, 3.05) is 33.2 Å². The van der Waals surface area contributed by atoms with Crippen LogP contribution >= 0.6 is 31.9 Å². The van der Waals surface area contributed by atoms with Crippen molar-refractivity contribution in [3.63, 3.8) is 0 Å². The average Bonchev–Trinajstić information content (AvgIpc) is 2.70. The molecule has 7 heteroatoms. The number of carbonyl (C=O) groups is 1. The van der Waals surface area contributed by atoms with E-state index in [0.717, 1.165) is 31.5 Å². The fourth-order valence-corrected chi connectivity index (χ4v) is 5.52. The molecule has 2 saturated heterocycles. The van der Waals surface area contributed by atoms with E-state index in [1.54, 1.807) is 0 Å². The summed E-state index contributed by atoms with van der Waals surface area (Å²) in [5.41, 5.74) is 1.00. The number of hydrogen-bond acceptors (Lipinski definition) is 4. The molecular weight excluding hydrogens is 474 g/mol. The quantitative estimate of drug-likeness (QED) is 0.646. The molecule has 5 nitrogen and oxygen atoms in total. The number of nitrogens with zero attached hydrogens (tertiary/aromatic N) is 2. The number of nitrogens with one attached hydrogen (secondary N) is 1. The van der Waals surface area contributed by atoms with Crippen LogP contribution in [0.2, 0.25) is 0 Å². The standard InChI is InChI=1S/C20H29Br2N3O2/c1-23-18(13-14-11-16(21)19(26)17(22)12-14)20(27)25-9-5-15(6-10-25)24-7-3-2-4-8-24/h11-12,15,18,23,26H,2-10,13H2,1H3/t18-/m1/s1. The number of rotatable bonds is 5. The number of hydrogen-bond donors (Lipinski definition) is 2. The van der Waals surface area contributed by atoms with Crippen LogP contribution < -0.4 is 5.32 Å². The van der Waals surface area contributed by atoms with Gasteiger partial charge in [-0.05, 0) is 102 Å². The van der Waals surface area contributed by atoms with E-state index in [-0.39, 0.29) is 17.7 Å². The number of likely N-dealkylation sites (tertiary alicyclic amines) is 2. The second kappa shape index (κ2) is 9.72. The Balaban J connectivity index is 1.57. The van der Waals surface area contributed by atoms with Crippen LogP contribution in [0.1, 0.15) is 37.7 Å². The van der Waals surface area contributed by atoms with Gasteiger partial charge >= 0.3 is 0 Å². The maximum absolute atomic E-state index is 13.0. The first-order chi connectivity index (χ1) is 13.0. The summed E-state index contributed by atoms with van der Waals surface area (Å²) in [6, 6.07) is 4.15. The minimum atomic E-state index is -0.250. The Morgan fingerprint density at radius 2 is 1.74 bits per heavy atom. The molecule has 0 saturated carbocycles. The number of aromatic hydroxyl groups is 1. The van der Waals surface area contributed by atoms with Gasteiger partial charge in [-0.3, -0.25) is 4.79 Å². The Morgan fingerprint density at radius 3 is 2.30 bits per heavy atom. The third kappa shape index (κ3) is 5.25. The first-order valence-electron chi connectivity index (χ1n) is 9.86. The molecule has 2 aliphatic heterocycles. The van der Waals surface area contributed by atoms with Crippen LogP contribution in [-0.2, 0) is 11.2 Å². The van der Waals surface area contributed by atoms with Crippen molar-refractivity contribution < 1.29 is 9.90 Å². The summed E-state index contributed by atoms with van der Waals surface area (Å²) in [6.45, 7) is 4.15. The van der Waals surface area contributed by atoms with Gasteiger partial charge in [-0.25, -0.2) is 0 Å². The molecule has 0 aromatic heterocycles. The van der Waals surface area contributed by atoms with Crippen molar-refractivity contribution in [1.29, 1.82) is 0 Å². The highest BCUT2D eigenvalue weighted by Crippen LogP contribution is 2.33. The number of halogens is 2. The van der Waals surface area contributed by atoms with E-state index in [0.29, 0.717) is 21.4 Å². The Kier molecular flexibility index (Phi) is 7.59. The summed E-state index contributed by atoms with van der Waals surface area (Å²) < 4.78 is 1.27. The molecule has 2 heterocycles. The van der Waals surface area contributed by atoms with Gasteiger partial charge in [0.15, 0.2) is 0 Å². The number of amides is 1. The van der Waals surface area contributed by atoms with Gasteiger partial charge in [0.05, 0.1) is 15.0 Å². The Bertz CT molecular complexity index is 634. The summed E-state index contributed by atoms with van der Waals surface area (Å²) in [5, 5.41) is 13.1. The predicted octanol–water partition coefficient (Wildman–Crippen LogP) is 3.52. The highest BCUT2D eigenvalue weighted by Gasteiger charge is 2.30. The third-order valence-electron chi connectivity index (χ3n) is 5.85. The molecule has 27 heavy (non-hydrogen) atoms. The van der Waals surface area contributed by atoms with Crippen molar-refractivity contribution in [2.24, 2.45) is 0 Å². The maximum Gasteiger partial charge on any atom is 0.240 e. The molecule has 0 radical (unpaired) electrons. The number of phenolic OH excluding ortho intramolecular Hbond substituents is 1. The van der Waals surface area contributed by atoms with E-state index in [1.807, 2.05) is 24.1 Å². The molecule has 150 valence electrons. The van der Waals surface area contributed by atoms with E-state index in [2.05, 4.69) is 42.1 Å². The van der Waals surface area contributed by atoms with Crippen LogP contribution in [-0.4, -0.2) is 66.1 Å². The fraction of sp³-hybridized carbons (Fsp3) is 0.650. The molecule has 1 atom stereocenters. The maximum atomic E-state index is 13.0. The summed E-state index contributed by atoms with van der Waals surface area (Å²) in [6.07, 6.45) is 6.76. The van der Waals surface area contributed by atoms with Gasteiger partial charge in [0.2, 0.25) is 5.91 Å². The summed E-state index contributed by atoms with van der Waals surface area (Å²) >= 11 is 6.73. The number of likely N-dealkylation sites (N-methyl/N-ethyl adjacent to an activating group) is 1. The van der Waals surface area contributed by atoms with Crippen LogP contribution in [0, 0.1) is 0 Å². The third-order valence-corrected chi connectivity index (χ3v) is 7.06.